The molecule has 21 heteroatoms. The van der Waals surface area contributed by atoms with Gasteiger partial charge in [-0.05, 0) is 42.5 Å². The maximum atomic E-state index is 14.5. The molecule has 6 heterocycles. The summed E-state index contributed by atoms with van der Waals surface area (Å²) in [6.07, 6.45) is 0.965. The lowest BCUT2D eigenvalue weighted by atomic mass is 9.99. The second-order valence-electron chi connectivity index (χ2n) is 14.0. The van der Waals surface area contributed by atoms with Gasteiger partial charge in [-0.1, -0.05) is 65.8 Å². The van der Waals surface area contributed by atoms with Crippen molar-refractivity contribution in [2.45, 2.75) is 49.9 Å². The molecular weight excluding hydrogens is 821 g/mol. The molecule has 2 aromatic heterocycles. The van der Waals surface area contributed by atoms with Crippen molar-refractivity contribution in [2.24, 2.45) is 5.16 Å². The van der Waals surface area contributed by atoms with E-state index in [2.05, 4.69) is 19.8 Å². The van der Waals surface area contributed by atoms with E-state index < -0.39 is 52.9 Å². The third kappa shape index (κ3) is 7.87. The number of esters is 1. The number of benzene rings is 2. The van der Waals surface area contributed by atoms with Crippen molar-refractivity contribution in [3.8, 4) is 0 Å². The number of fused-ring (bicyclic) bond motifs is 1. The summed E-state index contributed by atoms with van der Waals surface area (Å²) in [6.45, 7) is 2.14. The third-order valence-electron chi connectivity index (χ3n) is 10.4. The van der Waals surface area contributed by atoms with E-state index in [4.69, 9.17) is 24.0 Å². The fraction of sp³-hybridized carbons (Fsp3) is 0.308. The first-order chi connectivity index (χ1) is 29.0. The van der Waals surface area contributed by atoms with Crippen molar-refractivity contribution in [1.29, 1.82) is 0 Å². The summed E-state index contributed by atoms with van der Waals surface area (Å²) in [4.78, 5) is 88.2. The smallest absolute Gasteiger partial charge is 0.448 e. The van der Waals surface area contributed by atoms with Crippen molar-refractivity contribution in [3.63, 3.8) is 0 Å². The number of thioether (sulfide) groups is 1. The van der Waals surface area contributed by atoms with Crippen molar-refractivity contribution >= 4 is 63.9 Å². The van der Waals surface area contributed by atoms with Crippen LogP contribution in [0.1, 0.15) is 47.4 Å². The number of aromatic nitrogens is 2. The van der Waals surface area contributed by atoms with Crippen LogP contribution >= 0.6 is 23.3 Å². The lowest BCUT2D eigenvalue weighted by Crippen LogP contribution is -2.71. The van der Waals surface area contributed by atoms with Crippen LogP contribution in [0.4, 0.5) is 9.93 Å². The minimum absolute atomic E-state index is 0.0383. The molecule has 0 spiro atoms. The van der Waals surface area contributed by atoms with E-state index in [1.165, 1.54) is 28.5 Å². The highest BCUT2D eigenvalue weighted by Gasteiger charge is 2.55. The Bertz CT molecular complexity index is 2460. The molecule has 4 aromatic rings. The average molecular weight is 857 g/mol. The highest BCUT2D eigenvalue weighted by atomic mass is 32.2. The summed E-state index contributed by atoms with van der Waals surface area (Å²) in [5.74, 6) is -3.30. The summed E-state index contributed by atoms with van der Waals surface area (Å²) < 4.78 is 25.2. The van der Waals surface area contributed by atoms with E-state index in [1.54, 1.807) is 11.0 Å². The number of nitrogen functional groups attached to an aromatic ring is 1. The number of carbonyl (C=O) groups is 5. The third-order valence-corrected chi connectivity index (χ3v) is 12.3. The monoisotopic (exact) mass is 856 g/mol. The van der Waals surface area contributed by atoms with Gasteiger partial charge in [0.1, 0.15) is 17.1 Å². The van der Waals surface area contributed by atoms with Crippen LogP contribution in [0.2, 0.25) is 0 Å². The van der Waals surface area contributed by atoms with Crippen molar-refractivity contribution in [1.82, 2.24) is 29.4 Å². The number of likely N-dealkylation sites (tertiary alicyclic amines) is 2. The summed E-state index contributed by atoms with van der Waals surface area (Å²) >= 11 is 2.05. The van der Waals surface area contributed by atoms with Gasteiger partial charge in [0.25, 0.3) is 11.8 Å². The number of carbonyl (C=O) groups excluding carboxylic acids is 5. The summed E-state index contributed by atoms with van der Waals surface area (Å²) in [5.41, 5.74) is 7.17. The molecule has 0 unspecified atom stereocenters. The van der Waals surface area contributed by atoms with E-state index in [1.807, 2.05) is 60.7 Å². The van der Waals surface area contributed by atoms with Crippen molar-refractivity contribution in [3.05, 3.63) is 123 Å². The second-order valence-corrected chi connectivity index (χ2v) is 15.9. The van der Waals surface area contributed by atoms with Gasteiger partial charge in [0, 0.05) is 42.5 Å². The Morgan fingerprint density at radius 3 is 2.42 bits per heavy atom. The molecule has 310 valence electrons. The Morgan fingerprint density at radius 2 is 1.78 bits per heavy atom. The van der Waals surface area contributed by atoms with Crippen LogP contribution in [0.5, 0.6) is 0 Å². The SMILES string of the molecule is Cc1oc(=O)oc1COC(=O)N1CC[C@@H](N2CC/C(=C\C3=C(C(=O)OC(c4ccccc4)c4ccccc4)N4C(=O)[C@@H](NC(=O)/C(=N\O)c5nsc(N)n5)[C@H]4SC3)C2=O)C1. The molecule has 60 heavy (non-hydrogen) atoms. The number of nitrogens with zero attached hydrogens (tertiary/aromatic N) is 6. The highest BCUT2D eigenvalue weighted by Crippen LogP contribution is 2.43. The molecular formula is C39H36N8O11S2. The second kappa shape index (κ2) is 16.9. The number of nitrogens with one attached hydrogen (secondary N) is 1. The number of aryl methyl sites for hydroxylation is 1. The van der Waals surface area contributed by atoms with Crippen molar-refractivity contribution in [2.75, 3.05) is 31.1 Å². The zero-order chi connectivity index (χ0) is 42.1. The molecule has 19 nitrogen and oxygen atoms in total. The topological polar surface area (TPSA) is 253 Å². The van der Waals surface area contributed by atoms with E-state index in [0.29, 0.717) is 48.2 Å². The van der Waals surface area contributed by atoms with E-state index in [0.717, 1.165) is 11.5 Å². The maximum Gasteiger partial charge on any atom is 0.519 e. The zero-order valence-electron chi connectivity index (χ0n) is 31.7. The van der Waals surface area contributed by atoms with Gasteiger partial charge in [0.2, 0.25) is 17.4 Å². The normalized spacial score (nSPS) is 21.1. The Morgan fingerprint density at radius 1 is 1.07 bits per heavy atom. The standard InChI is InChI=1S/C39H36N8O11S2/c1-20-26(57-39(53)56-20)18-55-38(52)45-14-13-25(17-45)46-15-12-23(33(46)49)16-24-19-59-35-28(41-32(48)27(43-54)31-42-37(40)60-44-31)34(50)47(35)29(24)36(51)58-30(21-8-4-2-5-9-21)22-10-6-3-7-11-22/h2-11,16,25,28,30,35,54H,12-15,17-19H2,1H3,(H,41,48)(H2,40,42,44)/b23-16+,43-27-/t25-,28-,35-/m1/s1. The minimum Gasteiger partial charge on any atom is -0.448 e. The fourth-order valence-electron chi connectivity index (χ4n) is 7.44. The molecule has 0 bridgehead atoms. The molecule has 4 aliphatic rings. The van der Waals surface area contributed by atoms with Gasteiger partial charge in [-0.3, -0.25) is 19.3 Å². The van der Waals surface area contributed by atoms with E-state index in [-0.39, 0.29) is 59.0 Å². The summed E-state index contributed by atoms with van der Waals surface area (Å²) in [5, 5.41) is 14.5. The summed E-state index contributed by atoms with van der Waals surface area (Å²) in [6, 6.07) is 16.8. The van der Waals surface area contributed by atoms with Gasteiger partial charge in [0.15, 0.2) is 29.4 Å². The Labute approximate surface area is 348 Å². The van der Waals surface area contributed by atoms with Gasteiger partial charge in [-0.15, -0.1) is 11.8 Å². The van der Waals surface area contributed by atoms with Crippen LogP contribution in [0.3, 0.4) is 0 Å². The number of nitrogens with two attached hydrogens (primary N) is 1. The van der Waals surface area contributed by atoms with Crippen LogP contribution < -0.4 is 16.9 Å². The Kier molecular flexibility index (Phi) is 11.3. The van der Waals surface area contributed by atoms with Gasteiger partial charge in [-0.25, -0.2) is 14.4 Å². The van der Waals surface area contributed by atoms with Gasteiger partial charge >= 0.3 is 17.9 Å². The maximum absolute atomic E-state index is 14.5. The number of β-lactam (4-membered cyclic amide) rings is 1. The Hall–Kier alpha value is -6.74. The number of rotatable bonds is 11. The van der Waals surface area contributed by atoms with Crippen LogP contribution in [-0.2, 0) is 35.3 Å². The average Bonchev–Trinajstić information content (AvgIpc) is 4.06. The van der Waals surface area contributed by atoms with Gasteiger partial charge in [0.05, 0.1) is 6.04 Å². The first kappa shape index (κ1) is 40.1. The molecule has 8 rings (SSSR count). The van der Waals surface area contributed by atoms with Gasteiger partial charge in [-0.2, -0.15) is 9.36 Å². The molecule has 3 saturated heterocycles. The quantitative estimate of drug-likeness (QED) is 0.0490. The predicted octanol–water partition coefficient (Wildman–Crippen LogP) is 2.71. The van der Waals surface area contributed by atoms with E-state index in [9.17, 15) is 34.0 Å². The highest BCUT2D eigenvalue weighted by molar-refractivity contribution is 8.00. The van der Waals surface area contributed by atoms with Crippen LogP contribution in [0.25, 0.3) is 0 Å². The number of anilines is 1. The molecule has 0 saturated carbocycles. The number of hydrogen-bond acceptors (Lipinski definition) is 17. The lowest BCUT2D eigenvalue weighted by Gasteiger charge is -2.49. The summed E-state index contributed by atoms with van der Waals surface area (Å²) in [7, 11) is 0. The Balaban J connectivity index is 1.03. The van der Waals surface area contributed by atoms with Crippen LogP contribution in [-0.4, -0.2) is 108 Å². The molecule has 4 amide bonds. The molecule has 3 atom stereocenters. The predicted molar refractivity (Wildman–Crippen MR) is 212 cm³/mol. The first-order valence-corrected chi connectivity index (χ1v) is 20.5. The van der Waals surface area contributed by atoms with E-state index >= 15 is 0 Å². The molecule has 2 aromatic carbocycles. The number of oxime groups is 1. The van der Waals surface area contributed by atoms with Crippen LogP contribution in [0.15, 0.2) is 102 Å². The number of hydrogen-bond donors (Lipinski definition) is 3. The number of allylic oxidation sites excluding steroid dienone is 1. The largest absolute Gasteiger partial charge is 0.519 e. The first-order valence-electron chi connectivity index (χ1n) is 18.6. The van der Waals surface area contributed by atoms with Gasteiger partial charge < -0.3 is 44.4 Å². The molecule has 3 fully saturated rings. The molecule has 4 aliphatic heterocycles. The minimum atomic E-state index is -1.13. The molecule has 4 N–H and O–H groups in total. The van der Waals surface area contributed by atoms with Crippen LogP contribution in [0, 0.1) is 6.92 Å². The number of amides is 4. The number of ether oxygens (including phenoxy) is 2. The zero-order valence-corrected chi connectivity index (χ0v) is 33.3. The fourth-order valence-corrected chi connectivity index (χ4v) is 9.18. The molecule has 0 radical (unpaired) electrons. The molecule has 0 aliphatic carbocycles. The van der Waals surface area contributed by atoms with Crippen molar-refractivity contribution < 1.29 is 47.5 Å². The lowest BCUT2D eigenvalue weighted by molar-refractivity contribution is -0.154.